The molecular weight excluding hydrogens is 324 g/mol. The van der Waals surface area contributed by atoms with Gasteiger partial charge in [-0.3, -0.25) is 4.79 Å². The maximum atomic E-state index is 12.9. The van der Waals surface area contributed by atoms with Gasteiger partial charge in [-0.25, -0.2) is 9.97 Å². The van der Waals surface area contributed by atoms with Crippen LogP contribution in [0.2, 0.25) is 5.15 Å². The number of halogens is 1. The Morgan fingerprint density at radius 3 is 2.67 bits per heavy atom. The number of allylic oxidation sites excluding steroid dienone is 2. The number of rotatable bonds is 1. The summed E-state index contributed by atoms with van der Waals surface area (Å²) in [7, 11) is 0. The lowest BCUT2D eigenvalue weighted by Gasteiger charge is -2.37. The van der Waals surface area contributed by atoms with Gasteiger partial charge in [-0.05, 0) is 11.0 Å². The van der Waals surface area contributed by atoms with E-state index < -0.39 is 0 Å². The molecule has 0 bridgehead atoms. The average molecular weight is 341 g/mol. The van der Waals surface area contributed by atoms with Crippen molar-refractivity contribution in [2.24, 2.45) is 5.41 Å². The smallest absolute Gasteiger partial charge is 0.227 e. The Balaban J connectivity index is 1.97. The number of ether oxygens (including phenoxy) is 1. The van der Waals surface area contributed by atoms with Crippen LogP contribution in [0.1, 0.15) is 43.7 Å². The minimum Gasteiger partial charge on any atom is -0.442 e. The van der Waals surface area contributed by atoms with Gasteiger partial charge in [0.05, 0.1) is 5.56 Å². The lowest BCUT2D eigenvalue weighted by Crippen LogP contribution is -2.33. The Morgan fingerprint density at radius 1 is 1.17 bits per heavy atom. The highest BCUT2D eigenvalue weighted by molar-refractivity contribution is 6.30. The van der Waals surface area contributed by atoms with Gasteiger partial charge in [0.15, 0.2) is 5.78 Å². The molecule has 5 heteroatoms. The lowest BCUT2D eigenvalue weighted by atomic mass is 9.70. The molecule has 1 aromatic heterocycles. The van der Waals surface area contributed by atoms with Gasteiger partial charge in [0, 0.05) is 24.3 Å². The predicted octanol–water partition coefficient (Wildman–Crippen LogP) is 4.30. The second-order valence-corrected chi connectivity index (χ2v) is 7.46. The highest BCUT2D eigenvalue weighted by atomic mass is 35.5. The van der Waals surface area contributed by atoms with Crippen molar-refractivity contribution in [1.29, 1.82) is 0 Å². The minimum absolute atomic E-state index is 0.112. The van der Waals surface area contributed by atoms with E-state index in [4.69, 9.17) is 16.3 Å². The first-order valence-electron chi connectivity index (χ1n) is 7.96. The van der Waals surface area contributed by atoms with Crippen molar-refractivity contribution in [2.75, 3.05) is 0 Å². The molecule has 24 heavy (non-hydrogen) atoms. The van der Waals surface area contributed by atoms with Crippen LogP contribution in [0.5, 0.6) is 5.88 Å². The van der Waals surface area contributed by atoms with Gasteiger partial charge in [0.25, 0.3) is 0 Å². The monoisotopic (exact) mass is 340 g/mol. The van der Waals surface area contributed by atoms with Gasteiger partial charge in [-0.15, -0.1) is 0 Å². The van der Waals surface area contributed by atoms with Crippen LogP contribution >= 0.6 is 11.6 Å². The number of benzene rings is 1. The molecule has 0 spiro atoms. The summed E-state index contributed by atoms with van der Waals surface area (Å²) in [5, 5.41) is 0.332. The van der Waals surface area contributed by atoms with Crippen molar-refractivity contribution in [3.8, 4) is 5.88 Å². The van der Waals surface area contributed by atoms with Crippen LogP contribution in [0.15, 0.2) is 48.0 Å². The van der Waals surface area contributed by atoms with Gasteiger partial charge in [-0.2, -0.15) is 0 Å². The molecule has 0 saturated heterocycles. The first-order chi connectivity index (χ1) is 11.5. The summed E-state index contributed by atoms with van der Waals surface area (Å²) in [5.74, 6) is 1.00. The lowest BCUT2D eigenvalue weighted by molar-refractivity contribution is -0.118. The quantitative estimate of drug-likeness (QED) is 0.726. The van der Waals surface area contributed by atoms with Crippen molar-refractivity contribution in [2.45, 2.75) is 32.6 Å². The van der Waals surface area contributed by atoms with E-state index in [0.29, 0.717) is 40.8 Å². The highest BCUT2D eigenvalue weighted by Gasteiger charge is 2.43. The molecule has 1 aromatic carbocycles. The number of hydrogen-bond donors (Lipinski definition) is 0. The van der Waals surface area contributed by atoms with E-state index in [-0.39, 0.29) is 17.1 Å². The fourth-order valence-corrected chi connectivity index (χ4v) is 3.85. The Kier molecular flexibility index (Phi) is 3.46. The maximum absolute atomic E-state index is 12.9. The number of carbonyl (C=O) groups excluding carboxylic acids is 1. The first kappa shape index (κ1) is 15.3. The fraction of sp³-hybridized carbons (Fsp3) is 0.316. The molecule has 4 rings (SSSR count). The third-order valence-corrected chi connectivity index (χ3v) is 4.91. The number of carbonyl (C=O) groups is 1. The minimum atomic E-state index is -0.276. The number of hydrogen-bond acceptors (Lipinski definition) is 4. The van der Waals surface area contributed by atoms with Crippen LogP contribution in [0, 0.1) is 5.41 Å². The Hall–Kier alpha value is -2.20. The van der Waals surface area contributed by atoms with E-state index in [0.717, 1.165) is 5.56 Å². The third-order valence-electron chi connectivity index (χ3n) is 4.61. The Morgan fingerprint density at radius 2 is 1.92 bits per heavy atom. The van der Waals surface area contributed by atoms with E-state index in [2.05, 4.69) is 23.8 Å². The van der Waals surface area contributed by atoms with Gasteiger partial charge >= 0.3 is 0 Å². The van der Waals surface area contributed by atoms with Crippen LogP contribution in [0.4, 0.5) is 0 Å². The van der Waals surface area contributed by atoms with E-state index in [9.17, 15) is 4.79 Å². The molecule has 0 fully saturated rings. The summed E-state index contributed by atoms with van der Waals surface area (Å²) in [6.07, 6.45) is 2.60. The van der Waals surface area contributed by atoms with Crippen molar-refractivity contribution >= 4 is 17.4 Å². The first-order valence-corrected chi connectivity index (χ1v) is 8.33. The molecule has 1 aliphatic carbocycles. The molecule has 1 unspecified atom stereocenters. The molecule has 2 aliphatic rings. The molecule has 0 N–H and O–H groups in total. The normalized spacial score (nSPS) is 21.8. The van der Waals surface area contributed by atoms with E-state index >= 15 is 0 Å². The standard InChI is InChI=1S/C19H17ClN2O2/c1-19(2)8-12(23)15-13(9-19)24-18-16(17(20)21-10-22-18)14(15)11-6-4-3-5-7-11/h3-7,10,14H,8-9H2,1-2H3. The summed E-state index contributed by atoms with van der Waals surface area (Å²) in [6.45, 7) is 4.16. The summed E-state index contributed by atoms with van der Waals surface area (Å²) >= 11 is 6.36. The van der Waals surface area contributed by atoms with Gasteiger partial charge < -0.3 is 4.74 Å². The van der Waals surface area contributed by atoms with Crippen LogP contribution in [0.3, 0.4) is 0 Å². The second kappa shape index (κ2) is 5.42. The largest absolute Gasteiger partial charge is 0.442 e. The highest BCUT2D eigenvalue weighted by Crippen LogP contribution is 2.50. The van der Waals surface area contributed by atoms with E-state index in [1.54, 1.807) is 0 Å². The van der Waals surface area contributed by atoms with E-state index in [1.165, 1.54) is 6.33 Å². The van der Waals surface area contributed by atoms with Crippen LogP contribution < -0.4 is 4.74 Å². The molecule has 0 radical (unpaired) electrons. The summed E-state index contributed by atoms with van der Waals surface area (Å²) in [6, 6.07) is 9.87. The van der Waals surface area contributed by atoms with Crippen molar-refractivity contribution in [1.82, 2.24) is 9.97 Å². The summed E-state index contributed by atoms with van der Waals surface area (Å²) in [5.41, 5.74) is 2.26. The number of nitrogens with zero attached hydrogens (tertiary/aromatic N) is 2. The van der Waals surface area contributed by atoms with Gasteiger partial charge in [-0.1, -0.05) is 55.8 Å². The second-order valence-electron chi connectivity index (χ2n) is 7.11. The molecular formula is C19H17ClN2O2. The topological polar surface area (TPSA) is 52.1 Å². The number of Topliss-reactive ketones (excluding diaryl/α,β-unsaturated/α-hetero) is 1. The van der Waals surface area contributed by atoms with Crippen LogP contribution in [-0.4, -0.2) is 15.8 Å². The molecule has 4 nitrogen and oxygen atoms in total. The zero-order valence-electron chi connectivity index (χ0n) is 13.5. The molecule has 0 amide bonds. The number of aromatic nitrogens is 2. The van der Waals surface area contributed by atoms with Crippen molar-refractivity contribution in [3.63, 3.8) is 0 Å². The zero-order valence-corrected chi connectivity index (χ0v) is 14.3. The maximum Gasteiger partial charge on any atom is 0.227 e. The van der Waals surface area contributed by atoms with Gasteiger partial charge in [0.1, 0.15) is 17.2 Å². The van der Waals surface area contributed by atoms with Crippen molar-refractivity contribution < 1.29 is 9.53 Å². The predicted molar refractivity (Wildman–Crippen MR) is 91.0 cm³/mol. The zero-order chi connectivity index (χ0) is 16.9. The van der Waals surface area contributed by atoms with Gasteiger partial charge in [0.2, 0.25) is 5.88 Å². The molecule has 122 valence electrons. The van der Waals surface area contributed by atoms with Crippen molar-refractivity contribution in [3.05, 3.63) is 64.3 Å². The SMILES string of the molecule is CC1(C)CC(=O)C2=C(C1)Oc1ncnc(Cl)c1C2c1ccccc1. The molecule has 1 atom stereocenters. The summed E-state index contributed by atoms with van der Waals surface area (Å²) < 4.78 is 6.00. The fourth-order valence-electron chi connectivity index (χ4n) is 3.61. The van der Waals surface area contributed by atoms with Crippen LogP contribution in [-0.2, 0) is 4.79 Å². The Labute approximate surface area is 145 Å². The van der Waals surface area contributed by atoms with E-state index in [1.807, 2.05) is 30.3 Å². The molecule has 2 heterocycles. The average Bonchev–Trinajstić information content (AvgIpc) is 2.53. The summed E-state index contributed by atoms with van der Waals surface area (Å²) in [4.78, 5) is 21.3. The number of ketones is 1. The molecule has 2 aromatic rings. The molecule has 1 aliphatic heterocycles. The van der Waals surface area contributed by atoms with Crippen LogP contribution in [0.25, 0.3) is 0 Å². The third kappa shape index (κ3) is 2.42. The molecule has 0 saturated carbocycles. The Bertz CT molecular complexity index is 859. The number of fused-ring (bicyclic) bond motifs is 1.